The Morgan fingerprint density at radius 1 is 1.05 bits per heavy atom. The van der Waals surface area contributed by atoms with Crippen LogP contribution in [0.5, 0.6) is 0 Å². The van der Waals surface area contributed by atoms with E-state index in [9.17, 15) is 0 Å². The third-order valence-electron chi connectivity index (χ3n) is 4.61. The minimum absolute atomic E-state index is 0.215. The summed E-state index contributed by atoms with van der Waals surface area (Å²) in [6.07, 6.45) is 2.59. The molecule has 1 atom stereocenters. The van der Waals surface area contributed by atoms with Crippen LogP contribution in [0.1, 0.15) is 64.2 Å². The fourth-order valence-electron chi connectivity index (χ4n) is 2.66. The van der Waals surface area contributed by atoms with E-state index in [0.29, 0.717) is 5.89 Å². The van der Waals surface area contributed by atoms with Crippen molar-refractivity contribution in [1.82, 2.24) is 10.1 Å². The predicted octanol–water partition coefficient (Wildman–Crippen LogP) is 3.76. The van der Waals surface area contributed by atoms with Gasteiger partial charge >= 0.3 is 0 Å². The van der Waals surface area contributed by atoms with Gasteiger partial charge in [-0.2, -0.15) is 4.98 Å². The molecule has 4 heteroatoms. The van der Waals surface area contributed by atoms with E-state index in [1.807, 2.05) is 19.9 Å². The first kappa shape index (κ1) is 15.7. The van der Waals surface area contributed by atoms with Crippen molar-refractivity contribution < 1.29 is 4.52 Å². The number of hydrogen-bond donors (Lipinski definition) is 1. The summed E-state index contributed by atoms with van der Waals surface area (Å²) >= 11 is 0. The SMILES string of the molecule is CCC(C)(N)c1nc(C(CC)(CC)c2ccccc2)no1. The Balaban J connectivity index is 2.50. The Kier molecular flexibility index (Phi) is 4.47. The summed E-state index contributed by atoms with van der Waals surface area (Å²) in [5.74, 6) is 1.25. The molecule has 0 saturated carbocycles. The lowest BCUT2D eigenvalue weighted by Crippen LogP contribution is -2.33. The number of nitrogens with two attached hydrogens (primary N) is 1. The highest BCUT2D eigenvalue weighted by atomic mass is 16.5. The molecular weight excluding hydrogens is 262 g/mol. The van der Waals surface area contributed by atoms with E-state index in [0.717, 1.165) is 25.1 Å². The molecule has 0 aliphatic heterocycles. The largest absolute Gasteiger partial charge is 0.337 e. The van der Waals surface area contributed by atoms with Crippen molar-refractivity contribution >= 4 is 0 Å². The molecule has 4 nitrogen and oxygen atoms in total. The zero-order valence-corrected chi connectivity index (χ0v) is 13.4. The molecule has 0 spiro atoms. The lowest BCUT2D eigenvalue weighted by Gasteiger charge is -2.28. The number of rotatable bonds is 6. The molecule has 1 unspecified atom stereocenters. The number of benzene rings is 1. The molecule has 0 fully saturated rings. The van der Waals surface area contributed by atoms with Crippen molar-refractivity contribution in [3.05, 3.63) is 47.6 Å². The van der Waals surface area contributed by atoms with Crippen LogP contribution in [0.25, 0.3) is 0 Å². The van der Waals surface area contributed by atoms with Crippen LogP contribution in [0.3, 0.4) is 0 Å². The van der Waals surface area contributed by atoms with Crippen molar-refractivity contribution in [2.75, 3.05) is 0 Å². The van der Waals surface area contributed by atoms with Gasteiger partial charge in [-0.3, -0.25) is 0 Å². The Morgan fingerprint density at radius 3 is 2.19 bits per heavy atom. The smallest absolute Gasteiger partial charge is 0.246 e. The maximum Gasteiger partial charge on any atom is 0.246 e. The highest BCUT2D eigenvalue weighted by Crippen LogP contribution is 2.37. The van der Waals surface area contributed by atoms with Crippen molar-refractivity contribution in [2.24, 2.45) is 5.73 Å². The molecule has 2 N–H and O–H groups in total. The van der Waals surface area contributed by atoms with E-state index in [2.05, 4.69) is 48.3 Å². The Morgan fingerprint density at radius 2 is 1.67 bits per heavy atom. The monoisotopic (exact) mass is 287 g/mol. The maximum atomic E-state index is 6.22. The van der Waals surface area contributed by atoms with Gasteiger partial charge in [-0.1, -0.05) is 56.3 Å². The quantitative estimate of drug-likeness (QED) is 0.878. The molecule has 21 heavy (non-hydrogen) atoms. The predicted molar refractivity (Wildman–Crippen MR) is 83.9 cm³/mol. The fraction of sp³-hybridized carbons (Fsp3) is 0.529. The van der Waals surface area contributed by atoms with E-state index >= 15 is 0 Å². The molecule has 0 radical (unpaired) electrons. The van der Waals surface area contributed by atoms with Crippen molar-refractivity contribution in [1.29, 1.82) is 0 Å². The third-order valence-corrected chi connectivity index (χ3v) is 4.61. The van der Waals surface area contributed by atoms with Gasteiger partial charge in [-0.25, -0.2) is 0 Å². The van der Waals surface area contributed by atoms with E-state index in [4.69, 9.17) is 10.3 Å². The molecule has 114 valence electrons. The summed E-state index contributed by atoms with van der Waals surface area (Å²) in [7, 11) is 0. The van der Waals surface area contributed by atoms with Gasteiger partial charge in [0.25, 0.3) is 0 Å². The van der Waals surface area contributed by atoms with Gasteiger partial charge in [-0.05, 0) is 31.7 Å². The number of hydrogen-bond acceptors (Lipinski definition) is 4. The lowest BCUT2D eigenvalue weighted by atomic mass is 9.75. The van der Waals surface area contributed by atoms with Crippen LogP contribution in [0, 0.1) is 0 Å². The van der Waals surface area contributed by atoms with E-state index in [-0.39, 0.29) is 5.41 Å². The zero-order valence-electron chi connectivity index (χ0n) is 13.4. The number of nitrogens with zero attached hydrogens (tertiary/aromatic N) is 2. The third kappa shape index (κ3) is 2.72. The summed E-state index contributed by atoms with van der Waals surface area (Å²) in [6, 6.07) is 10.4. The number of aromatic nitrogens is 2. The van der Waals surface area contributed by atoms with Crippen LogP contribution in [-0.4, -0.2) is 10.1 Å². The minimum Gasteiger partial charge on any atom is -0.337 e. The topological polar surface area (TPSA) is 64.9 Å². The molecule has 0 amide bonds. The van der Waals surface area contributed by atoms with E-state index in [1.54, 1.807) is 0 Å². The molecule has 1 heterocycles. The average Bonchev–Trinajstić information content (AvgIpc) is 3.01. The van der Waals surface area contributed by atoms with Crippen LogP contribution in [-0.2, 0) is 11.0 Å². The van der Waals surface area contributed by atoms with Crippen LogP contribution < -0.4 is 5.73 Å². The summed E-state index contributed by atoms with van der Waals surface area (Å²) in [6.45, 7) is 8.27. The molecule has 0 saturated heterocycles. The molecule has 2 rings (SSSR count). The van der Waals surface area contributed by atoms with Gasteiger partial charge in [0.2, 0.25) is 5.89 Å². The minimum atomic E-state index is -0.574. The van der Waals surface area contributed by atoms with Crippen molar-refractivity contribution in [3.63, 3.8) is 0 Å². The van der Waals surface area contributed by atoms with E-state index in [1.165, 1.54) is 5.56 Å². The van der Waals surface area contributed by atoms with Gasteiger partial charge in [0, 0.05) is 0 Å². The lowest BCUT2D eigenvalue weighted by molar-refractivity contribution is 0.286. The van der Waals surface area contributed by atoms with Gasteiger partial charge < -0.3 is 10.3 Å². The van der Waals surface area contributed by atoms with E-state index < -0.39 is 5.54 Å². The molecular formula is C17H25N3O. The molecule has 2 aromatic rings. The van der Waals surface area contributed by atoms with Crippen LogP contribution in [0.4, 0.5) is 0 Å². The molecule has 0 aliphatic rings. The molecule has 0 aliphatic carbocycles. The Hall–Kier alpha value is -1.68. The summed E-state index contributed by atoms with van der Waals surface area (Å²) in [4.78, 5) is 4.64. The summed E-state index contributed by atoms with van der Waals surface area (Å²) in [5.41, 5.74) is 6.65. The zero-order chi connectivity index (χ0) is 15.5. The van der Waals surface area contributed by atoms with Gasteiger partial charge in [0.05, 0.1) is 11.0 Å². The van der Waals surface area contributed by atoms with Crippen molar-refractivity contribution in [2.45, 2.75) is 57.9 Å². The fourth-order valence-corrected chi connectivity index (χ4v) is 2.66. The first-order valence-corrected chi connectivity index (χ1v) is 7.69. The van der Waals surface area contributed by atoms with Gasteiger partial charge in [0.1, 0.15) is 0 Å². The molecule has 1 aromatic heterocycles. The normalized spacial score (nSPS) is 14.9. The molecule has 1 aromatic carbocycles. The second-order valence-electron chi connectivity index (χ2n) is 5.85. The standard InChI is InChI=1S/C17H25N3O/c1-5-16(4,18)15-19-14(20-21-15)17(6-2,7-3)13-11-9-8-10-12-13/h8-12H,5-7,18H2,1-4H3. The molecule has 0 bridgehead atoms. The van der Waals surface area contributed by atoms with Crippen molar-refractivity contribution in [3.8, 4) is 0 Å². The van der Waals surface area contributed by atoms with Crippen LogP contribution >= 0.6 is 0 Å². The van der Waals surface area contributed by atoms with Gasteiger partial charge in [-0.15, -0.1) is 0 Å². The Bertz CT molecular complexity index is 571. The highest BCUT2D eigenvalue weighted by Gasteiger charge is 2.37. The average molecular weight is 287 g/mol. The second kappa shape index (κ2) is 5.98. The highest BCUT2D eigenvalue weighted by molar-refractivity contribution is 5.32. The van der Waals surface area contributed by atoms with Crippen LogP contribution in [0.2, 0.25) is 0 Å². The summed E-state index contributed by atoms with van der Waals surface area (Å²) in [5, 5.41) is 4.25. The van der Waals surface area contributed by atoms with Crippen LogP contribution in [0.15, 0.2) is 34.9 Å². The summed E-state index contributed by atoms with van der Waals surface area (Å²) < 4.78 is 5.47. The second-order valence-corrected chi connectivity index (χ2v) is 5.85. The first-order valence-electron chi connectivity index (χ1n) is 7.69. The first-order chi connectivity index (χ1) is 10.00. The Labute approximate surface area is 126 Å². The van der Waals surface area contributed by atoms with Gasteiger partial charge in [0.15, 0.2) is 5.82 Å². The maximum absolute atomic E-state index is 6.22.